The number of benzene rings is 3. The predicted octanol–water partition coefficient (Wildman–Crippen LogP) is 6.85. The van der Waals surface area contributed by atoms with Crippen LogP contribution in [0.1, 0.15) is 18.4 Å². The molecule has 0 spiro atoms. The van der Waals surface area contributed by atoms with Crippen LogP contribution < -0.4 is 4.90 Å². The average molecular weight is 527 g/mol. The van der Waals surface area contributed by atoms with Gasteiger partial charge in [-0.1, -0.05) is 48.0 Å². The molecule has 1 N–H and O–H groups in total. The molecule has 0 radical (unpaired) electrons. The van der Waals surface area contributed by atoms with E-state index in [1.807, 2.05) is 58.3 Å². The Morgan fingerprint density at radius 2 is 1.74 bits per heavy atom. The molecule has 1 aliphatic rings. The maximum absolute atomic E-state index is 14.2. The van der Waals surface area contributed by atoms with Crippen LogP contribution in [0.4, 0.5) is 10.1 Å². The number of pyridine rings is 1. The third-order valence-corrected chi connectivity index (χ3v) is 7.60. The number of anilines is 1. The second-order valence-corrected chi connectivity index (χ2v) is 10.2. The minimum Gasteiger partial charge on any atom is -0.366 e. The van der Waals surface area contributed by atoms with Crippen LogP contribution in [-0.4, -0.2) is 47.0 Å². The smallest absolute Gasteiger partial charge is 0.222 e. The molecule has 0 aliphatic carbocycles. The van der Waals surface area contributed by atoms with Gasteiger partial charge in [-0.25, -0.2) is 9.37 Å². The van der Waals surface area contributed by atoms with Gasteiger partial charge < -0.3 is 14.8 Å². The second kappa shape index (κ2) is 10.5. The molecule has 1 aliphatic heterocycles. The summed E-state index contributed by atoms with van der Waals surface area (Å²) in [6.07, 6.45) is 1.90. The third-order valence-electron chi connectivity index (χ3n) is 7.37. The molecule has 3 aromatic carbocycles. The fourth-order valence-corrected chi connectivity index (χ4v) is 5.56. The molecule has 0 atom stereocenters. The zero-order valence-electron chi connectivity index (χ0n) is 21.0. The highest BCUT2D eigenvalue weighted by atomic mass is 35.5. The Morgan fingerprint density at radius 3 is 2.58 bits per heavy atom. The standard InChI is InChI=1S/C31H28ClFN4O/c32-22-13-15-27-24(20-22)23(31(35-27)28-14-12-21-6-1-3-9-26(21)34-28)7-5-11-30(38)37-18-16-36(17-19-37)29-10-4-2-8-25(29)33/h1-4,6,8-10,12-15,20,35H,5,7,11,16-19H2. The lowest BCUT2D eigenvalue weighted by molar-refractivity contribution is -0.131. The number of para-hydroxylation sites is 2. The Labute approximate surface area is 225 Å². The van der Waals surface area contributed by atoms with Crippen LogP contribution in [0.15, 0.2) is 78.9 Å². The third kappa shape index (κ3) is 4.84. The Morgan fingerprint density at radius 1 is 0.947 bits per heavy atom. The zero-order chi connectivity index (χ0) is 26.1. The quantitative estimate of drug-likeness (QED) is 0.263. The molecule has 5 nitrogen and oxygen atoms in total. The first-order valence-corrected chi connectivity index (χ1v) is 13.4. The number of aromatic nitrogens is 2. The number of fused-ring (bicyclic) bond motifs is 2. The van der Waals surface area contributed by atoms with Crippen molar-refractivity contribution in [2.45, 2.75) is 19.3 Å². The fraction of sp³-hybridized carbons (Fsp3) is 0.226. The summed E-state index contributed by atoms with van der Waals surface area (Å²) in [6, 6.07) is 24.9. The number of carbonyl (C=O) groups excluding carboxylic acids is 1. The van der Waals surface area contributed by atoms with E-state index in [0.29, 0.717) is 49.7 Å². The molecule has 192 valence electrons. The molecule has 6 rings (SSSR count). The highest BCUT2D eigenvalue weighted by molar-refractivity contribution is 6.31. The largest absolute Gasteiger partial charge is 0.366 e. The van der Waals surface area contributed by atoms with Gasteiger partial charge in [0.05, 0.1) is 22.6 Å². The van der Waals surface area contributed by atoms with Gasteiger partial charge >= 0.3 is 0 Å². The van der Waals surface area contributed by atoms with E-state index in [1.54, 1.807) is 12.1 Å². The van der Waals surface area contributed by atoms with E-state index >= 15 is 0 Å². The van der Waals surface area contributed by atoms with Crippen molar-refractivity contribution in [1.82, 2.24) is 14.9 Å². The Bertz CT molecular complexity index is 1620. The number of amides is 1. The summed E-state index contributed by atoms with van der Waals surface area (Å²) in [4.78, 5) is 25.4. The van der Waals surface area contributed by atoms with Gasteiger partial charge in [0, 0.05) is 53.9 Å². The number of hydrogen-bond donors (Lipinski definition) is 1. The van der Waals surface area contributed by atoms with Gasteiger partial charge in [0.2, 0.25) is 5.91 Å². The second-order valence-electron chi connectivity index (χ2n) is 9.73. The van der Waals surface area contributed by atoms with Crippen molar-refractivity contribution < 1.29 is 9.18 Å². The molecular weight excluding hydrogens is 499 g/mol. The molecule has 2 aromatic heterocycles. The van der Waals surface area contributed by atoms with Gasteiger partial charge in [-0.2, -0.15) is 0 Å². The van der Waals surface area contributed by atoms with Crippen LogP contribution >= 0.6 is 11.6 Å². The number of aromatic amines is 1. The molecule has 1 saturated heterocycles. The molecule has 0 bridgehead atoms. The van der Waals surface area contributed by atoms with E-state index in [2.05, 4.69) is 17.1 Å². The molecule has 0 saturated carbocycles. The van der Waals surface area contributed by atoms with E-state index < -0.39 is 0 Å². The summed E-state index contributed by atoms with van der Waals surface area (Å²) in [7, 11) is 0. The number of rotatable bonds is 6. The minimum atomic E-state index is -0.220. The highest BCUT2D eigenvalue weighted by Gasteiger charge is 2.23. The van der Waals surface area contributed by atoms with Crippen LogP contribution in [-0.2, 0) is 11.2 Å². The number of H-pyrrole nitrogens is 1. The summed E-state index contributed by atoms with van der Waals surface area (Å²) in [5.41, 5.74) is 5.53. The number of nitrogens with zero attached hydrogens (tertiary/aromatic N) is 3. The van der Waals surface area contributed by atoms with E-state index in [1.165, 1.54) is 6.07 Å². The summed E-state index contributed by atoms with van der Waals surface area (Å²) in [5.74, 6) is -0.0794. The lowest BCUT2D eigenvalue weighted by Crippen LogP contribution is -2.49. The van der Waals surface area contributed by atoms with Crippen LogP contribution in [0.25, 0.3) is 33.2 Å². The summed E-state index contributed by atoms with van der Waals surface area (Å²) < 4.78 is 14.2. The minimum absolute atomic E-state index is 0.140. The van der Waals surface area contributed by atoms with Gasteiger partial charge in [0.15, 0.2) is 0 Å². The maximum atomic E-state index is 14.2. The monoisotopic (exact) mass is 526 g/mol. The lowest BCUT2D eigenvalue weighted by Gasteiger charge is -2.36. The SMILES string of the molecule is O=C(CCCc1c(-c2ccc3ccccc3n2)[nH]c2ccc(Cl)cc12)N1CCN(c2ccccc2F)CC1. The summed E-state index contributed by atoms with van der Waals surface area (Å²) in [6.45, 7) is 2.46. The number of halogens is 2. The summed E-state index contributed by atoms with van der Waals surface area (Å²) in [5, 5.41) is 2.84. The van der Waals surface area contributed by atoms with E-state index in [9.17, 15) is 9.18 Å². The fourth-order valence-electron chi connectivity index (χ4n) is 5.38. The Hall–Kier alpha value is -3.90. The molecule has 1 fully saturated rings. The number of hydrogen-bond acceptors (Lipinski definition) is 3. The topological polar surface area (TPSA) is 52.2 Å². The first-order chi connectivity index (χ1) is 18.6. The molecule has 0 unspecified atom stereocenters. The van der Waals surface area contributed by atoms with Gasteiger partial charge in [0.1, 0.15) is 5.82 Å². The van der Waals surface area contributed by atoms with Crippen molar-refractivity contribution in [1.29, 1.82) is 0 Å². The van der Waals surface area contributed by atoms with Crippen molar-refractivity contribution in [2.24, 2.45) is 0 Å². The Balaban J connectivity index is 1.16. The highest BCUT2D eigenvalue weighted by Crippen LogP contribution is 2.33. The van der Waals surface area contributed by atoms with Gasteiger partial charge in [0.25, 0.3) is 0 Å². The van der Waals surface area contributed by atoms with E-state index in [-0.39, 0.29) is 11.7 Å². The molecule has 38 heavy (non-hydrogen) atoms. The van der Waals surface area contributed by atoms with Gasteiger partial charge in [-0.3, -0.25) is 4.79 Å². The van der Waals surface area contributed by atoms with Crippen molar-refractivity contribution >= 4 is 45.0 Å². The van der Waals surface area contributed by atoms with Gasteiger partial charge in [-0.05, 0) is 60.9 Å². The van der Waals surface area contributed by atoms with Crippen LogP contribution in [0.5, 0.6) is 0 Å². The van der Waals surface area contributed by atoms with Crippen molar-refractivity contribution in [3.05, 3.63) is 95.3 Å². The maximum Gasteiger partial charge on any atom is 0.222 e. The molecule has 5 aromatic rings. The van der Waals surface area contributed by atoms with Gasteiger partial charge in [-0.15, -0.1) is 0 Å². The molecule has 1 amide bonds. The van der Waals surface area contributed by atoms with Crippen molar-refractivity contribution in [3.63, 3.8) is 0 Å². The summed E-state index contributed by atoms with van der Waals surface area (Å²) >= 11 is 6.36. The van der Waals surface area contributed by atoms with E-state index in [0.717, 1.165) is 45.2 Å². The average Bonchev–Trinajstić information content (AvgIpc) is 3.30. The van der Waals surface area contributed by atoms with Crippen LogP contribution in [0.2, 0.25) is 5.02 Å². The molecule has 3 heterocycles. The first kappa shape index (κ1) is 24.4. The van der Waals surface area contributed by atoms with E-state index in [4.69, 9.17) is 16.6 Å². The zero-order valence-corrected chi connectivity index (χ0v) is 21.7. The van der Waals surface area contributed by atoms with Crippen LogP contribution in [0.3, 0.4) is 0 Å². The Kier molecular flexibility index (Phi) is 6.73. The van der Waals surface area contributed by atoms with Crippen molar-refractivity contribution in [2.75, 3.05) is 31.1 Å². The predicted molar refractivity (Wildman–Crippen MR) is 152 cm³/mol. The number of nitrogens with one attached hydrogen (secondary N) is 1. The lowest BCUT2D eigenvalue weighted by atomic mass is 10.0. The normalized spacial score (nSPS) is 13.9. The number of carbonyl (C=O) groups is 1. The van der Waals surface area contributed by atoms with Crippen molar-refractivity contribution in [3.8, 4) is 11.4 Å². The molecular formula is C31H28ClFN4O. The molecule has 7 heteroatoms. The van der Waals surface area contributed by atoms with Crippen LogP contribution in [0, 0.1) is 5.82 Å². The number of aryl methyl sites for hydroxylation is 1. The first-order valence-electron chi connectivity index (χ1n) is 13.0. The number of piperazine rings is 1.